The van der Waals surface area contributed by atoms with E-state index in [2.05, 4.69) is 11.6 Å². The Morgan fingerprint density at radius 3 is 2.81 bits per heavy atom. The Bertz CT molecular complexity index is 531. The molecule has 0 aliphatic carbocycles. The summed E-state index contributed by atoms with van der Waals surface area (Å²) in [5.74, 6) is 0.919. The molecule has 0 spiro atoms. The minimum absolute atomic E-state index is 0.658. The fourth-order valence-electron chi connectivity index (χ4n) is 1.82. The predicted octanol–water partition coefficient (Wildman–Crippen LogP) is 3.58. The lowest BCUT2D eigenvalue weighted by Gasteiger charge is -2.12. The standard InChI is InChI=1S/C14H15NO/c1-4-12-10(3)14(16-5-2)11-8-6-7-9-13(11)15-12/h4,6-9H,1,5H2,2-3H3. The van der Waals surface area contributed by atoms with Gasteiger partial charge in [-0.05, 0) is 32.1 Å². The molecule has 1 heterocycles. The van der Waals surface area contributed by atoms with Crippen molar-refractivity contribution in [3.8, 4) is 5.75 Å². The van der Waals surface area contributed by atoms with Crippen molar-refractivity contribution in [2.24, 2.45) is 0 Å². The van der Waals surface area contributed by atoms with Crippen molar-refractivity contribution in [2.75, 3.05) is 6.61 Å². The molecule has 0 amide bonds. The molecule has 0 saturated heterocycles. The molecule has 1 aromatic heterocycles. The Morgan fingerprint density at radius 1 is 1.38 bits per heavy atom. The van der Waals surface area contributed by atoms with Crippen molar-refractivity contribution >= 4 is 17.0 Å². The van der Waals surface area contributed by atoms with E-state index in [0.717, 1.165) is 27.9 Å². The fraction of sp³-hybridized carbons (Fsp3) is 0.214. The molecule has 0 radical (unpaired) electrons. The number of nitrogens with zero attached hydrogens (tertiary/aromatic N) is 1. The highest BCUT2D eigenvalue weighted by atomic mass is 16.5. The van der Waals surface area contributed by atoms with Crippen LogP contribution in [0.5, 0.6) is 5.75 Å². The number of pyridine rings is 1. The van der Waals surface area contributed by atoms with Crippen LogP contribution in [0.25, 0.3) is 17.0 Å². The van der Waals surface area contributed by atoms with Gasteiger partial charge in [0.25, 0.3) is 0 Å². The summed E-state index contributed by atoms with van der Waals surface area (Å²) in [6, 6.07) is 8.00. The third-order valence-corrected chi connectivity index (χ3v) is 2.60. The van der Waals surface area contributed by atoms with E-state index in [9.17, 15) is 0 Å². The van der Waals surface area contributed by atoms with Crippen LogP contribution in [-0.4, -0.2) is 11.6 Å². The van der Waals surface area contributed by atoms with Gasteiger partial charge in [0, 0.05) is 10.9 Å². The van der Waals surface area contributed by atoms with E-state index in [1.165, 1.54) is 0 Å². The van der Waals surface area contributed by atoms with Gasteiger partial charge in [0.2, 0.25) is 0 Å². The first-order valence-corrected chi connectivity index (χ1v) is 5.42. The summed E-state index contributed by atoms with van der Waals surface area (Å²) in [6.45, 7) is 8.44. The number of para-hydroxylation sites is 1. The summed E-state index contributed by atoms with van der Waals surface area (Å²) in [6.07, 6.45) is 1.77. The summed E-state index contributed by atoms with van der Waals surface area (Å²) in [5, 5.41) is 1.06. The number of rotatable bonds is 3. The smallest absolute Gasteiger partial charge is 0.133 e. The second-order valence-corrected chi connectivity index (χ2v) is 3.61. The van der Waals surface area contributed by atoms with Crippen molar-refractivity contribution in [3.05, 3.63) is 42.1 Å². The predicted molar refractivity (Wildman–Crippen MR) is 67.7 cm³/mol. The molecular formula is C14H15NO. The average Bonchev–Trinajstić information content (AvgIpc) is 2.32. The highest BCUT2D eigenvalue weighted by Crippen LogP contribution is 2.30. The SMILES string of the molecule is C=Cc1nc2ccccc2c(OCC)c1C. The van der Waals surface area contributed by atoms with Crippen molar-refractivity contribution in [1.29, 1.82) is 0 Å². The Kier molecular flexibility index (Phi) is 2.91. The maximum Gasteiger partial charge on any atom is 0.133 e. The Hall–Kier alpha value is -1.83. The van der Waals surface area contributed by atoms with Crippen LogP contribution in [0.2, 0.25) is 0 Å². The molecule has 0 unspecified atom stereocenters. The molecule has 82 valence electrons. The quantitative estimate of drug-likeness (QED) is 0.777. The van der Waals surface area contributed by atoms with Crippen molar-refractivity contribution in [2.45, 2.75) is 13.8 Å². The van der Waals surface area contributed by atoms with Gasteiger partial charge >= 0.3 is 0 Å². The number of ether oxygens (including phenoxy) is 1. The van der Waals surface area contributed by atoms with Crippen molar-refractivity contribution < 1.29 is 4.74 Å². The molecule has 2 heteroatoms. The highest BCUT2D eigenvalue weighted by molar-refractivity contribution is 5.87. The second-order valence-electron chi connectivity index (χ2n) is 3.61. The van der Waals surface area contributed by atoms with Crippen LogP contribution in [0.15, 0.2) is 30.8 Å². The number of hydrogen-bond donors (Lipinski definition) is 0. The van der Waals surface area contributed by atoms with Gasteiger partial charge in [-0.2, -0.15) is 0 Å². The summed E-state index contributed by atoms with van der Waals surface area (Å²) in [5.41, 5.74) is 2.89. The van der Waals surface area contributed by atoms with Crippen LogP contribution in [-0.2, 0) is 0 Å². The van der Waals surface area contributed by atoms with E-state index >= 15 is 0 Å². The van der Waals surface area contributed by atoms with Crippen LogP contribution in [0.4, 0.5) is 0 Å². The average molecular weight is 213 g/mol. The third kappa shape index (κ3) is 1.67. The lowest BCUT2D eigenvalue weighted by atomic mass is 10.1. The van der Waals surface area contributed by atoms with E-state index < -0.39 is 0 Å². The molecule has 0 fully saturated rings. The van der Waals surface area contributed by atoms with Crippen LogP contribution in [0.1, 0.15) is 18.2 Å². The number of hydrogen-bond acceptors (Lipinski definition) is 2. The van der Waals surface area contributed by atoms with Crippen LogP contribution in [0, 0.1) is 6.92 Å². The van der Waals surface area contributed by atoms with Gasteiger partial charge in [-0.3, -0.25) is 0 Å². The molecule has 0 aliphatic heterocycles. The third-order valence-electron chi connectivity index (χ3n) is 2.60. The van der Waals surface area contributed by atoms with Gasteiger partial charge in [0.1, 0.15) is 5.75 Å². The molecule has 0 N–H and O–H groups in total. The summed E-state index contributed by atoms with van der Waals surface area (Å²) < 4.78 is 5.70. The Morgan fingerprint density at radius 2 is 2.12 bits per heavy atom. The topological polar surface area (TPSA) is 22.1 Å². The normalized spacial score (nSPS) is 10.4. The van der Waals surface area contributed by atoms with E-state index in [1.807, 2.05) is 38.1 Å². The van der Waals surface area contributed by atoms with E-state index in [1.54, 1.807) is 6.08 Å². The van der Waals surface area contributed by atoms with Gasteiger partial charge in [0.05, 0.1) is 17.8 Å². The highest BCUT2D eigenvalue weighted by Gasteiger charge is 2.10. The lowest BCUT2D eigenvalue weighted by Crippen LogP contribution is -1.99. The van der Waals surface area contributed by atoms with Gasteiger partial charge in [0.15, 0.2) is 0 Å². The monoisotopic (exact) mass is 213 g/mol. The Balaban J connectivity index is 2.79. The van der Waals surface area contributed by atoms with E-state index in [4.69, 9.17) is 4.74 Å². The molecule has 2 aromatic rings. The number of aromatic nitrogens is 1. The minimum atomic E-state index is 0.658. The summed E-state index contributed by atoms with van der Waals surface area (Å²) >= 11 is 0. The molecule has 2 rings (SSSR count). The van der Waals surface area contributed by atoms with E-state index in [-0.39, 0.29) is 0 Å². The molecule has 2 nitrogen and oxygen atoms in total. The van der Waals surface area contributed by atoms with E-state index in [0.29, 0.717) is 6.61 Å². The van der Waals surface area contributed by atoms with Crippen molar-refractivity contribution in [1.82, 2.24) is 4.98 Å². The molecule has 0 bridgehead atoms. The molecule has 0 saturated carbocycles. The lowest BCUT2D eigenvalue weighted by molar-refractivity contribution is 0.341. The first-order valence-electron chi connectivity index (χ1n) is 5.42. The Labute approximate surface area is 95.6 Å². The largest absolute Gasteiger partial charge is 0.493 e. The van der Waals surface area contributed by atoms with Crippen molar-refractivity contribution in [3.63, 3.8) is 0 Å². The fourth-order valence-corrected chi connectivity index (χ4v) is 1.82. The van der Waals surface area contributed by atoms with Crippen LogP contribution < -0.4 is 4.74 Å². The summed E-state index contributed by atoms with van der Waals surface area (Å²) in [4.78, 5) is 4.54. The molecule has 1 aromatic carbocycles. The van der Waals surface area contributed by atoms with Gasteiger partial charge in [-0.1, -0.05) is 18.7 Å². The molecule has 16 heavy (non-hydrogen) atoms. The zero-order valence-electron chi connectivity index (χ0n) is 9.66. The summed E-state index contributed by atoms with van der Waals surface area (Å²) in [7, 11) is 0. The molecular weight excluding hydrogens is 198 g/mol. The van der Waals surface area contributed by atoms with Gasteiger partial charge in [-0.15, -0.1) is 0 Å². The van der Waals surface area contributed by atoms with Gasteiger partial charge in [-0.25, -0.2) is 4.98 Å². The molecule has 0 aliphatic rings. The number of benzene rings is 1. The maximum absolute atomic E-state index is 5.70. The van der Waals surface area contributed by atoms with Crippen LogP contribution >= 0.6 is 0 Å². The zero-order valence-corrected chi connectivity index (χ0v) is 9.66. The first kappa shape index (κ1) is 10.7. The first-order chi connectivity index (χ1) is 7.77. The minimum Gasteiger partial charge on any atom is -0.493 e. The number of fused-ring (bicyclic) bond motifs is 1. The van der Waals surface area contributed by atoms with Crippen LogP contribution in [0.3, 0.4) is 0 Å². The van der Waals surface area contributed by atoms with Gasteiger partial charge < -0.3 is 4.74 Å². The second kappa shape index (κ2) is 4.35. The maximum atomic E-state index is 5.70. The zero-order chi connectivity index (χ0) is 11.5. The molecule has 0 atom stereocenters.